The second-order valence-electron chi connectivity index (χ2n) is 6.47. The molecule has 0 fully saturated rings. The standard InChI is InChI=1S/C15H24BrN3Si/c1-10(2)20(11(3)4,12(5)6)19-15-13(8-18-19)7-14(16)9-17-15/h7-12H,1-6H3. The van der Waals surface area contributed by atoms with E-state index in [4.69, 9.17) is 5.10 Å². The van der Waals surface area contributed by atoms with Gasteiger partial charge in [-0.25, -0.2) is 4.98 Å². The molecule has 0 N–H and O–H groups in total. The zero-order valence-electron chi connectivity index (χ0n) is 13.2. The van der Waals surface area contributed by atoms with E-state index in [9.17, 15) is 0 Å². The minimum atomic E-state index is -1.81. The maximum absolute atomic E-state index is 4.77. The molecule has 0 aliphatic heterocycles. The van der Waals surface area contributed by atoms with Crippen LogP contribution in [0, 0.1) is 0 Å². The van der Waals surface area contributed by atoms with Crippen LogP contribution in [0.25, 0.3) is 11.0 Å². The average Bonchev–Trinajstić information content (AvgIpc) is 2.72. The predicted molar refractivity (Wildman–Crippen MR) is 91.7 cm³/mol. The molecule has 0 saturated carbocycles. The van der Waals surface area contributed by atoms with E-state index >= 15 is 0 Å². The molecule has 0 unspecified atom stereocenters. The van der Waals surface area contributed by atoms with Crippen LogP contribution >= 0.6 is 15.9 Å². The second-order valence-corrected chi connectivity index (χ2v) is 13.1. The summed E-state index contributed by atoms with van der Waals surface area (Å²) in [4.78, 5) is 4.64. The second kappa shape index (κ2) is 5.60. The predicted octanol–water partition coefficient (Wildman–Crippen LogP) is 5.22. The van der Waals surface area contributed by atoms with Gasteiger partial charge in [0, 0.05) is 16.1 Å². The molecule has 0 amide bonds. The Morgan fingerprint density at radius 1 is 1.00 bits per heavy atom. The highest BCUT2D eigenvalue weighted by Gasteiger charge is 2.47. The van der Waals surface area contributed by atoms with Gasteiger partial charge in [0.25, 0.3) is 0 Å². The normalized spacial score (nSPS) is 13.1. The van der Waals surface area contributed by atoms with Crippen molar-refractivity contribution >= 4 is 35.2 Å². The average molecular weight is 354 g/mol. The summed E-state index contributed by atoms with van der Waals surface area (Å²) in [6.45, 7) is 14.1. The van der Waals surface area contributed by atoms with E-state index in [1.165, 1.54) is 0 Å². The number of hydrogen-bond acceptors (Lipinski definition) is 2. The van der Waals surface area contributed by atoms with E-state index in [1.807, 2.05) is 12.4 Å². The van der Waals surface area contributed by atoms with Gasteiger partial charge in [-0.05, 0) is 38.6 Å². The van der Waals surface area contributed by atoms with Crippen LogP contribution in [0.5, 0.6) is 0 Å². The van der Waals surface area contributed by atoms with Gasteiger partial charge in [-0.1, -0.05) is 41.5 Å². The van der Waals surface area contributed by atoms with Gasteiger partial charge in [-0.2, -0.15) is 5.10 Å². The lowest BCUT2D eigenvalue weighted by molar-refractivity contribution is 0.732. The van der Waals surface area contributed by atoms with Gasteiger partial charge in [0.1, 0.15) is 5.65 Å². The first-order valence-corrected chi connectivity index (χ1v) is 10.3. The van der Waals surface area contributed by atoms with Gasteiger partial charge in [-0.3, -0.25) is 4.35 Å². The number of halogens is 1. The quantitative estimate of drug-likeness (QED) is 0.705. The third-order valence-corrected chi connectivity index (χ3v) is 11.6. The third-order valence-electron chi connectivity index (χ3n) is 4.52. The van der Waals surface area contributed by atoms with E-state index in [1.54, 1.807) is 0 Å². The van der Waals surface area contributed by atoms with Crippen molar-refractivity contribution in [2.75, 3.05) is 0 Å². The molecule has 2 heterocycles. The molecule has 0 spiro atoms. The van der Waals surface area contributed by atoms with Gasteiger partial charge < -0.3 is 0 Å². The molecular formula is C15H24BrN3Si. The molecule has 0 aliphatic carbocycles. The largest absolute Gasteiger partial charge is 0.277 e. The van der Waals surface area contributed by atoms with Crippen LogP contribution in [0.3, 0.4) is 0 Å². The van der Waals surface area contributed by atoms with Crippen LogP contribution in [-0.4, -0.2) is 22.7 Å². The Hall–Kier alpha value is -0.683. The highest BCUT2D eigenvalue weighted by molar-refractivity contribution is 9.10. The Morgan fingerprint density at radius 3 is 2.05 bits per heavy atom. The molecule has 2 rings (SSSR count). The molecule has 5 heteroatoms. The minimum absolute atomic E-state index is 0.621. The number of hydrogen-bond donors (Lipinski definition) is 0. The van der Waals surface area contributed by atoms with Crippen molar-refractivity contribution in [2.45, 2.75) is 58.2 Å². The van der Waals surface area contributed by atoms with Crippen LogP contribution in [0.4, 0.5) is 0 Å². The summed E-state index contributed by atoms with van der Waals surface area (Å²) in [7, 11) is -1.81. The molecule has 0 atom stereocenters. The first kappa shape index (κ1) is 15.7. The number of pyridine rings is 1. The molecule has 0 radical (unpaired) electrons. The van der Waals surface area contributed by atoms with E-state index in [0.29, 0.717) is 16.6 Å². The number of aromatic nitrogens is 3. The van der Waals surface area contributed by atoms with Crippen LogP contribution in [-0.2, 0) is 0 Å². The van der Waals surface area contributed by atoms with Gasteiger partial charge in [0.2, 0.25) is 0 Å². The maximum Gasteiger partial charge on any atom is 0.195 e. The molecule has 0 aromatic carbocycles. The zero-order valence-corrected chi connectivity index (χ0v) is 15.8. The van der Waals surface area contributed by atoms with Crippen molar-refractivity contribution in [1.82, 2.24) is 14.4 Å². The van der Waals surface area contributed by atoms with E-state index in [2.05, 4.69) is 72.9 Å². The molecule has 110 valence electrons. The molecular weight excluding hydrogens is 330 g/mol. The monoisotopic (exact) mass is 353 g/mol. The summed E-state index contributed by atoms with van der Waals surface area (Å²) in [6, 6.07) is 2.10. The van der Waals surface area contributed by atoms with Crippen molar-refractivity contribution < 1.29 is 0 Å². The lowest BCUT2D eigenvalue weighted by Crippen LogP contribution is -2.52. The number of rotatable bonds is 4. The molecule has 2 aromatic rings. The van der Waals surface area contributed by atoms with Gasteiger partial charge in [0.15, 0.2) is 8.24 Å². The smallest absolute Gasteiger partial charge is 0.195 e. The highest BCUT2D eigenvalue weighted by Crippen LogP contribution is 2.43. The molecule has 0 saturated heterocycles. The minimum Gasteiger partial charge on any atom is -0.277 e. The van der Waals surface area contributed by atoms with Crippen molar-refractivity contribution in [3.63, 3.8) is 0 Å². The maximum atomic E-state index is 4.77. The SMILES string of the molecule is CC(C)[Si](C(C)C)(C(C)C)n1ncc2cc(Br)cnc21. The van der Waals surface area contributed by atoms with Crippen LogP contribution in [0.1, 0.15) is 41.5 Å². The van der Waals surface area contributed by atoms with Crippen LogP contribution in [0.15, 0.2) is 22.9 Å². The van der Waals surface area contributed by atoms with Crippen molar-refractivity contribution in [3.8, 4) is 0 Å². The fourth-order valence-corrected chi connectivity index (χ4v) is 10.5. The summed E-state index contributed by atoms with van der Waals surface area (Å²) in [6.07, 6.45) is 3.84. The Bertz CT molecular complexity index is 582. The molecule has 20 heavy (non-hydrogen) atoms. The zero-order chi connectivity index (χ0) is 15.1. The first-order chi connectivity index (χ1) is 9.31. The molecule has 0 bridgehead atoms. The fraction of sp³-hybridized carbons (Fsp3) is 0.600. The van der Waals surface area contributed by atoms with Crippen molar-refractivity contribution in [2.24, 2.45) is 0 Å². The summed E-state index contributed by atoms with van der Waals surface area (Å²) >= 11 is 3.49. The molecule has 3 nitrogen and oxygen atoms in total. The molecule has 0 aliphatic rings. The topological polar surface area (TPSA) is 30.7 Å². The van der Waals surface area contributed by atoms with Gasteiger partial charge in [0.05, 0.1) is 6.20 Å². The first-order valence-electron chi connectivity index (χ1n) is 7.31. The lowest BCUT2D eigenvalue weighted by Gasteiger charge is -2.42. The lowest BCUT2D eigenvalue weighted by atomic mass is 10.4. The van der Waals surface area contributed by atoms with Gasteiger partial charge >= 0.3 is 0 Å². The Labute approximate surface area is 131 Å². The third kappa shape index (κ3) is 2.25. The van der Waals surface area contributed by atoms with Crippen molar-refractivity contribution in [1.29, 1.82) is 0 Å². The summed E-state index contributed by atoms with van der Waals surface area (Å²) in [5.74, 6) is 0. The van der Waals surface area contributed by atoms with E-state index in [0.717, 1.165) is 15.5 Å². The Kier molecular flexibility index (Phi) is 4.40. The number of nitrogens with zero attached hydrogens (tertiary/aromatic N) is 3. The summed E-state index contributed by atoms with van der Waals surface area (Å²) < 4.78 is 3.31. The van der Waals surface area contributed by atoms with Crippen LogP contribution < -0.4 is 0 Å². The van der Waals surface area contributed by atoms with Gasteiger partial charge in [-0.15, -0.1) is 0 Å². The molecule has 2 aromatic heterocycles. The highest BCUT2D eigenvalue weighted by atomic mass is 79.9. The van der Waals surface area contributed by atoms with E-state index in [-0.39, 0.29) is 0 Å². The fourth-order valence-electron chi connectivity index (χ4n) is 3.91. The van der Waals surface area contributed by atoms with Crippen molar-refractivity contribution in [3.05, 3.63) is 22.9 Å². The summed E-state index contributed by atoms with van der Waals surface area (Å²) in [5, 5.41) is 5.89. The van der Waals surface area contributed by atoms with Crippen LogP contribution in [0.2, 0.25) is 16.6 Å². The Morgan fingerprint density at radius 2 is 1.55 bits per heavy atom. The Balaban J connectivity index is 2.75. The number of fused-ring (bicyclic) bond motifs is 1. The van der Waals surface area contributed by atoms with E-state index < -0.39 is 8.24 Å². The summed E-state index contributed by atoms with van der Waals surface area (Å²) in [5.41, 5.74) is 2.90.